The van der Waals surface area contributed by atoms with Crippen LogP contribution in [0.1, 0.15) is 77.0 Å². The molecule has 58 heavy (non-hydrogen) atoms. The summed E-state index contributed by atoms with van der Waals surface area (Å²) in [6, 6.07) is 28.4. The molecule has 0 saturated heterocycles. The van der Waals surface area contributed by atoms with E-state index in [2.05, 4.69) is 49.8 Å². The van der Waals surface area contributed by atoms with E-state index in [1.807, 2.05) is 43.3 Å². The maximum atomic E-state index is 14.6. The largest absolute Gasteiger partial charge is 0.435 e. The van der Waals surface area contributed by atoms with Gasteiger partial charge in [0.2, 0.25) is 0 Å². The van der Waals surface area contributed by atoms with Gasteiger partial charge in [0.05, 0.1) is 35.5 Å². The summed E-state index contributed by atoms with van der Waals surface area (Å²) in [6.45, 7) is 5.85. The Morgan fingerprint density at radius 3 is 2.10 bits per heavy atom. The average Bonchev–Trinajstić information content (AvgIpc) is 3.55. The summed E-state index contributed by atoms with van der Waals surface area (Å²) in [5.74, 6) is -0.893. The molecule has 0 saturated carbocycles. The molecule has 304 valence electrons. The molecule has 0 radical (unpaired) electrons. The van der Waals surface area contributed by atoms with Gasteiger partial charge in [-0.15, -0.1) is 0 Å². The van der Waals surface area contributed by atoms with E-state index in [-0.39, 0.29) is 60.6 Å². The van der Waals surface area contributed by atoms with Crippen LogP contribution in [0.4, 0.5) is 22.0 Å². The molecule has 0 unspecified atom stereocenters. The summed E-state index contributed by atoms with van der Waals surface area (Å²) in [7, 11) is -3.05. The Bertz CT molecular complexity index is 2250. The first-order valence-electron chi connectivity index (χ1n) is 18.8. The quantitative estimate of drug-likeness (QED) is 0.104. The zero-order valence-corrected chi connectivity index (χ0v) is 34.0. The number of ether oxygens (including phenoxy) is 1. The van der Waals surface area contributed by atoms with Gasteiger partial charge in [-0.05, 0) is 58.2 Å². The fourth-order valence-corrected chi connectivity index (χ4v) is 13.1. The molecule has 15 heteroatoms. The van der Waals surface area contributed by atoms with Crippen molar-refractivity contribution in [3.63, 3.8) is 0 Å². The van der Waals surface area contributed by atoms with Crippen LogP contribution in [0, 0.1) is 0 Å². The Balaban J connectivity index is 1.27. The van der Waals surface area contributed by atoms with E-state index in [9.17, 15) is 31.5 Å². The molecule has 2 amide bonds. The fraction of sp³-hybridized carbons (Fsp3) is 0.326. The molecule has 0 aliphatic carbocycles. The number of hydrogen-bond donors (Lipinski definition) is 0. The van der Waals surface area contributed by atoms with Gasteiger partial charge in [-0.1, -0.05) is 105 Å². The number of alkyl halides is 5. The van der Waals surface area contributed by atoms with Crippen LogP contribution in [0.3, 0.4) is 0 Å². The third-order valence-corrected chi connectivity index (χ3v) is 16.2. The lowest BCUT2D eigenvalue weighted by Crippen LogP contribution is -2.67. The van der Waals surface area contributed by atoms with Crippen molar-refractivity contribution in [2.45, 2.75) is 77.1 Å². The molecular weight excluding hydrogens is 795 g/mol. The van der Waals surface area contributed by atoms with E-state index in [0.717, 1.165) is 28.6 Å². The van der Waals surface area contributed by atoms with E-state index in [0.29, 0.717) is 16.8 Å². The van der Waals surface area contributed by atoms with Gasteiger partial charge in [0.25, 0.3) is 20.1 Å². The van der Waals surface area contributed by atoms with Crippen molar-refractivity contribution in [3.8, 4) is 5.75 Å². The molecule has 0 spiro atoms. The Morgan fingerprint density at radius 2 is 1.55 bits per heavy atom. The zero-order valence-electron chi connectivity index (χ0n) is 32.3. The van der Waals surface area contributed by atoms with E-state index in [1.54, 1.807) is 21.7 Å². The molecular formula is C43H42ClF5N4O4Si. The van der Waals surface area contributed by atoms with Crippen LogP contribution in [-0.2, 0) is 30.1 Å². The topological polar surface area (TPSA) is 76.9 Å². The molecule has 2 aliphatic heterocycles. The number of nitrogens with zero attached hydrogens (tertiary/aromatic N) is 4. The smallest absolute Gasteiger partial charge is 0.417 e. The van der Waals surface area contributed by atoms with Crippen molar-refractivity contribution >= 4 is 42.1 Å². The van der Waals surface area contributed by atoms with Gasteiger partial charge in [0.15, 0.2) is 0 Å². The van der Waals surface area contributed by atoms with Crippen molar-refractivity contribution in [1.29, 1.82) is 0 Å². The van der Waals surface area contributed by atoms with Gasteiger partial charge in [-0.3, -0.25) is 14.3 Å². The highest BCUT2D eigenvalue weighted by Gasteiger charge is 2.51. The van der Waals surface area contributed by atoms with Crippen LogP contribution in [0.25, 0.3) is 0 Å². The van der Waals surface area contributed by atoms with Gasteiger partial charge in [0.1, 0.15) is 11.4 Å². The summed E-state index contributed by atoms with van der Waals surface area (Å²) < 4.78 is 79.8. The third kappa shape index (κ3) is 7.89. The van der Waals surface area contributed by atoms with E-state index in [1.165, 1.54) is 17.0 Å². The highest BCUT2D eigenvalue weighted by atomic mass is 35.5. The van der Waals surface area contributed by atoms with E-state index >= 15 is 0 Å². The minimum absolute atomic E-state index is 0.0133. The second-order valence-electron chi connectivity index (χ2n) is 15.7. The molecule has 0 fully saturated rings. The van der Waals surface area contributed by atoms with Crippen LogP contribution in [0.15, 0.2) is 103 Å². The first kappa shape index (κ1) is 41.1. The van der Waals surface area contributed by atoms with Crippen LogP contribution in [0.2, 0.25) is 10.1 Å². The van der Waals surface area contributed by atoms with Gasteiger partial charge in [-0.25, -0.2) is 0 Å². The second-order valence-corrected chi connectivity index (χ2v) is 20.4. The van der Waals surface area contributed by atoms with E-state index < -0.39 is 49.7 Å². The van der Waals surface area contributed by atoms with Crippen molar-refractivity contribution in [2.24, 2.45) is 0 Å². The minimum Gasteiger partial charge on any atom is -0.435 e. The van der Waals surface area contributed by atoms with Gasteiger partial charge >= 0.3 is 12.8 Å². The number of fused-ring (bicyclic) bond motifs is 3. The van der Waals surface area contributed by atoms with Crippen LogP contribution in [-0.4, -0.2) is 65.5 Å². The molecule has 2 atom stereocenters. The van der Waals surface area contributed by atoms with E-state index in [4.69, 9.17) is 21.1 Å². The molecule has 0 N–H and O–H groups in total. The maximum Gasteiger partial charge on any atom is 0.417 e. The molecule has 0 bridgehead atoms. The highest BCUT2D eigenvalue weighted by Crippen LogP contribution is 2.40. The summed E-state index contributed by atoms with van der Waals surface area (Å²) in [5, 5.41) is 6.24. The third-order valence-electron chi connectivity index (χ3n) is 10.9. The van der Waals surface area contributed by atoms with Crippen molar-refractivity contribution in [2.75, 3.05) is 13.2 Å². The van der Waals surface area contributed by atoms with Gasteiger partial charge in [-0.2, -0.15) is 27.1 Å². The maximum absolute atomic E-state index is 14.6. The summed E-state index contributed by atoms with van der Waals surface area (Å²) in [6.07, 6.45) is -4.40. The SMILES string of the molecule is C[C@@H]1Cc2nn3c(c2CN1C(=O)c1ccc(C(F)(F)F)c(Cl)c1)C(=O)N(Cc1ccc(OC(F)F)cc1)C[C@H]3CO[Si](c1ccccc1)(c1ccccc1)C(C)(C)C. The second kappa shape index (κ2) is 15.9. The molecule has 5 aromatic rings. The van der Waals surface area contributed by atoms with Crippen molar-refractivity contribution in [1.82, 2.24) is 19.6 Å². The lowest BCUT2D eigenvalue weighted by molar-refractivity contribution is -0.137. The van der Waals surface area contributed by atoms with Crippen molar-refractivity contribution < 1.29 is 40.7 Å². The average molecular weight is 837 g/mol. The lowest BCUT2D eigenvalue weighted by Gasteiger charge is -2.44. The number of benzene rings is 4. The first-order chi connectivity index (χ1) is 27.5. The number of hydrogen-bond acceptors (Lipinski definition) is 5. The summed E-state index contributed by atoms with van der Waals surface area (Å²) >= 11 is 6.00. The number of aromatic nitrogens is 2. The molecule has 4 aromatic carbocycles. The Labute approximate surface area is 339 Å². The standard InChI is InChI=1S/C43H42ClF5N4O4Si/c1-27-21-37-34(25-52(27)39(54)29-17-20-35(36(44)22-29)43(47,48)49)38-40(55)51(23-28-15-18-31(19-16-28)57-41(45)46)24-30(53(38)50-37)26-56-58(42(2,3)4,32-11-7-5-8-12-32)33-13-9-6-10-14-33/h5-20,22,27,30,41H,21,23-26H2,1-4H3/t27-,30+/m1/s1. The summed E-state index contributed by atoms with van der Waals surface area (Å²) in [4.78, 5) is 31.7. The minimum atomic E-state index is -4.69. The van der Waals surface area contributed by atoms with Crippen LogP contribution >= 0.6 is 11.6 Å². The number of carbonyl (C=O) groups excluding carboxylic acids is 2. The number of amides is 2. The Kier molecular flexibility index (Phi) is 11.3. The zero-order chi connectivity index (χ0) is 41.6. The highest BCUT2D eigenvalue weighted by molar-refractivity contribution is 6.99. The lowest BCUT2D eigenvalue weighted by atomic mass is 9.97. The Hall–Kier alpha value is -5.05. The van der Waals surface area contributed by atoms with Gasteiger partial charge in [0, 0.05) is 36.7 Å². The number of rotatable bonds is 10. The van der Waals surface area contributed by atoms with Gasteiger partial charge < -0.3 is 19.0 Å². The molecule has 3 heterocycles. The number of carbonyl (C=O) groups is 2. The Morgan fingerprint density at radius 1 is 0.931 bits per heavy atom. The molecule has 8 nitrogen and oxygen atoms in total. The first-order valence-corrected chi connectivity index (χ1v) is 21.1. The predicted molar refractivity (Wildman–Crippen MR) is 212 cm³/mol. The molecule has 1 aromatic heterocycles. The summed E-state index contributed by atoms with van der Waals surface area (Å²) in [5.41, 5.74) is 1.07. The normalized spacial score (nSPS) is 17.3. The fourth-order valence-electron chi connectivity index (χ4n) is 8.17. The van der Waals surface area contributed by atoms with Crippen molar-refractivity contribution in [3.05, 3.63) is 142 Å². The van der Waals surface area contributed by atoms with Crippen LogP contribution in [0.5, 0.6) is 5.75 Å². The number of halogens is 6. The molecule has 2 aliphatic rings. The molecule has 7 rings (SSSR count). The monoisotopic (exact) mass is 836 g/mol. The van der Waals surface area contributed by atoms with Crippen LogP contribution < -0.4 is 15.1 Å². The predicted octanol–water partition coefficient (Wildman–Crippen LogP) is 8.52.